The van der Waals surface area contributed by atoms with E-state index in [9.17, 15) is 18.9 Å². The van der Waals surface area contributed by atoms with Crippen molar-refractivity contribution in [2.45, 2.75) is 13.0 Å². The molecule has 8 heteroatoms. The van der Waals surface area contributed by atoms with E-state index in [1.54, 1.807) is 13.0 Å². The Morgan fingerprint density at radius 1 is 1.42 bits per heavy atom. The number of non-ortho nitro benzene ring substituents is 1. The fourth-order valence-corrected chi connectivity index (χ4v) is 1.54. The van der Waals surface area contributed by atoms with Gasteiger partial charge in [-0.1, -0.05) is 5.16 Å². The number of aromatic nitrogens is 1. The Morgan fingerprint density at radius 2 is 2.05 bits per heavy atom. The molecule has 1 aromatic heterocycles. The number of nitrogens with one attached hydrogen (secondary N) is 1. The molecule has 0 saturated heterocycles. The summed E-state index contributed by atoms with van der Waals surface area (Å²) in [5, 5.41) is 16.6. The van der Waals surface area contributed by atoms with Gasteiger partial charge in [-0.3, -0.25) is 10.1 Å². The second kappa shape index (κ2) is 5.01. The summed E-state index contributed by atoms with van der Waals surface area (Å²) in [4.78, 5) is 9.59. The number of anilines is 1. The Bertz CT molecular complexity index is 578. The Kier molecular flexibility index (Phi) is 3.41. The zero-order valence-electron chi connectivity index (χ0n) is 9.76. The van der Waals surface area contributed by atoms with E-state index in [4.69, 9.17) is 0 Å². The predicted molar refractivity (Wildman–Crippen MR) is 61.6 cm³/mol. The minimum Gasteiger partial charge on any atom is -0.372 e. The van der Waals surface area contributed by atoms with Gasteiger partial charge in [0.15, 0.2) is 11.6 Å². The lowest BCUT2D eigenvalue weighted by Gasteiger charge is -2.13. The number of hydrogen-bond donors (Lipinski definition) is 1. The highest BCUT2D eigenvalue weighted by Gasteiger charge is 2.19. The van der Waals surface area contributed by atoms with Gasteiger partial charge in [0.25, 0.3) is 5.69 Å². The molecule has 0 saturated carbocycles. The van der Waals surface area contributed by atoms with Gasteiger partial charge in [-0.15, -0.1) is 0 Å². The van der Waals surface area contributed by atoms with Gasteiger partial charge in [0, 0.05) is 6.07 Å². The topological polar surface area (TPSA) is 81.2 Å². The van der Waals surface area contributed by atoms with Crippen LogP contribution < -0.4 is 5.32 Å². The van der Waals surface area contributed by atoms with E-state index in [-0.39, 0.29) is 0 Å². The van der Waals surface area contributed by atoms with Crippen molar-refractivity contribution in [2.75, 3.05) is 5.32 Å². The molecule has 0 aliphatic rings. The van der Waals surface area contributed by atoms with Crippen LogP contribution >= 0.6 is 0 Å². The average Bonchev–Trinajstić information content (AvgIpc) is 2.86. The molecule has 0 aliphatic heterocycles. The van der Waals surface area contributed by atoms with Crippen LogP contribution in [0.4, 0.5) is 20.2 Å². The van der Waals surface area contributed by atoms with Crippen LogP contribution in [-0.4, -0.2) is 10.1 Å². The first-order valence-corrected chi connectivity index (χ1v) is 5.29. The number of halogens is 2. The molecule has 0 radical (unpaired) electrons. The summed E-state index contributed by atoms with van der Waals surface area (Å²) in [7, 11) is 0. The summed E-state index contributed by atoms with van der Waals surface area (Å²) >= 11 is 0. The Labute approximate surface area is 106 Å². The Balaban J connectivity index is 2.28. The van der Waals surface area contributed by atoms with Gasteiger partial charge < -0.3 is 9.84 Å². The van der Waals surface area contributed by atoms with Crippen LogP contribution in [0.1, 0.15) is 18.7 Å². The molecule has 2 rings (SSSR count). The van der Waals surface area contributed by atoms with Crippen molar-refractivity contribution >= 4 is 11.4 Å². The number of benzene rings is 1. The number of nitrogens with zero attached hydrogens (tertiary/aromatic N) is 2. The van der Waals surface area contributed by atoms with Crippen LogP contribution in [0.25, 0.3) is 0 Å². The third kappa shape index (κ3) is 2.67. The fourth-order valence-electron chi connectivity index (χ4n) is 1.54. The van der Waals surface area contributed by atoms with Crippen molar-refractivity contribution in [1.29, 1.82) is 0 Å². The fraction of sp³-hybridized carbons (Fsp3) is 0.182. The van der Waals surface area contributed by atoms with Crippen LogP contribution in [0, 0.1) is 21.7 Å². The summed E-state index contributed by atoms with van der Waals surface area (Å²) in [5.41, 5.74) is -0.632. The quantitative estimate of drug-likeness (QED) is 0.681. The highest BCUT2D eigenvalue weighted by molar-refractivity contribution is 5.52. The first kappa shape index (κ1) is 12.9. The summed E-state index contributed by atoms with van der Waals surface area (Å²) in [5.74, 6) is -2.08. The van der Waals surface area contributed by atoms with Gasteiger partial charge >= 0.3 is 0 Å². The monoisotopic (exact) mass is 269 g/mol. The molecule has 0 aliphatic carbocycles. The summed E-state index contributed by atoms with van der Waals surface area (Å²) in [6.07, 6.45) is 1.33. The maximum absolute atomic E-state index is 13.6. The summed E-state index contributed by atoms with van der Waals surface area (Å²) in [6.45, 7) is 1.62. The van der Waals surface area contributed by atoms with Crippen molar-refractivity contribution < 1.29 is 18.2 Å². The van der Waals surface area contributed by atoms with Crippen LogP contribution in [0.5, 0.6) is 0 Å². The van der Waals surface area contributed by atoms with Gasteiger partial charge in [0.05, 0.1) is 23.1 Å². The van der Waals surface area contributed by atoms with E-state index in [0.29, 0.717) is 17.8 Å². The molecular weight excluding hydrogens is 260 g/mol. The molecule has 1 atom stereocenters. The maximum Gasteiger partial charge on any atom is 0.275 e. The lowest BCUT2D eigenvalue weighted by Crippen LogP contribution is -2.10. The van der Waals surface area contributed by atoms with Gasteiger partial charge in [0.1, 0.15) is 17.6 Å². The Hall–Kier alpha value is -2.51. The third-order valence-corrected chi connectivity index (χ3v) is 2.50. The van der Waals surface area contributed by atoms with Gasteiger partial charge in [-0.05, 0) is 6.92 Å². The van der Waals surface area contributed by atoms with Gasteiger partial charge in [-0.25, -0.2) is 8.78 Å². The van der Waals surface area contributed by atoms with Gasteiger partial charge in [0.2, 0.25) is 0 Å². The lowest BCUT2D eigenvalue weighted by molar-refractivity contribution is -0.385. The molecular formula is C11H9F2N3O3. The molecule has 6 nitrogen and oxygen atoms in total. The smallest absolute Gasteiger partial charge is 0.275 e. The van der Waals surface area contributed by atoms with Crippen molar-refractivity contribution in [3.63, 3.8) is 0 Å². The molecule has 0 fully saturated rings. The van der Waals surface area contributed by atoms with Crippen LogP contribution in [0.15, 0.2) is 29.0 Å². The largest absolute Gasteiger partial charge is 0.372 e. The molecule has 0 bridgehead atoms. The zero-order valence-corrected chi connectivity index (χ0v) is 9.76. The SMILES string of the molecule is CC(Nc1c(F)cc([N+](=O)[O-])cc1F)c1ccon1. The van der Waals surface area contributed by atoms with E-state index in [2.05, 4.69) is 15.0 Å². The third-order valence-electron chi connectivity index (χ3n) is 2.50. The molecule has 1 heterocycles. The van der Waals surface area contributed by atoms with E-state index >= 15 is 0 Å². The highest BCUT2D eigenvalue weighted by Crippen LogP contribution is 2.27. The van der Waals surface area contributed by atoms with Crippen LogP contribution in [0.3, 0.4) is 0 Å². The van der Waals surface area contributed by atoms with Crippen molar-refractivity contribution in [3.8, 4) is 0 Å². The number of hydrogen-bond acceptors (Lipinski definition) is 5. The molecule has 1 aromatic carbocycles. The standard InChI is InChI=1S/C11H9F2N3O3/c1-6(10-2-3-19-15-10)14-11-8(12)4-7(16(17)18)5-9(11)13/h2-6,14H,1H3. The first-order chi connectivity index (χ1) is 8.99. The van der Waals surface area contributed by atoms with Crippen LogP contribution in [-0.2, 0) is 0 Å². The molecule has 1 unspecified atom stereocenters. The maximum atomic E-state index is 13.6. The molecule has 0 spiro atoms. The lowest BCUT2D eigenvalue weighted by atomic mass is 10.2. The van der Waals surface area contributed by atoms with Gasteiger partial charge in [-0.2, -0.15) is 0 Å². The molecule has 2 aromatic rings. The molecule has 0 amide bonds. The minimum absolute atomic E-state index is 0.443. The highest BCUT2D eigenvalue weighted by atomic mass is 19.1. The summed E-state index contributed by atoms with van der Waals surface area (Å²) in [6, 6.07) is 2.34. The molecule has 1 N–H and O–H groups in total. The van der Waals surface area contributed by atoms with E-state index in [1.165, 1.54) is 6.26 Å². The number of nitro benzene ring substituents is 1. The van der Waals surface area contributed by atoms with E-state index in [0.717, 1.165) is 0 Å². The average molecular weight is 269 g/mol. The van der Waals surface area contributed by atoms with Crippen molar-refractivity contribution in [2.24, 2.45) is 0 Å². The normalized spacial score (nSPS) is 12.2. The van der Waals surface area contributed by atoms with E-state index < -0.39 is 34.0 Å². The van der Waals surface area contributed by atoms with Crippen molar-refractivity contribution in [1.82, 2.24) is 5.16 Å². The van der Waals surface area contributed by atoms with Crippen LogP contribution in [0.2, 0.25) is 0 Å². The first-order valence-electron chi connectivity index (χ1n) is 5.29. The van der Waals surface area contributed by atoms with Crippen molar-refractivity contribution in [3.05, 3.63) is 51.9 Å². The minimum atomic E-state index is -1.04. The Morgan fingerprint density at radius 3 is 2.53 bits per heavy atom. The second-order valence-electron chi connectivity index (χ2n) is 3.83. The molecule has 19 heavy (non-hydrogen) atoms. The number of nitro groups is 1. The predicted octanol–water partition coefficient (Wildman–Crippen LogP) is 3.03. The molecule has 100 valence electrons. The zero-order chi connectivity index (χ0) is 14.0. The number of rotatable bonds is 4. The van der Waals surface area contributed by atoms with E-state index in [1.807, 2.05) is 0 Å². The second-order valence-corrected chi connectivity index (χ2v) is 3.83. The summed E-state index contributed by atoms with van der Waals surface area (Å²) < 4.78 is 31.9.